The van der Waals surface area contributed by atoms with Crippen LogP contribution in [0.5, 0.6) is 23.0 Å². The second kappa shape index (κ2) is 6.84. The topological polar surface area (TPSA) is 36.9 Å². The van der Waals surface area contributed by atoms with E-state index in [-0.39, 0.29) is 0 Å². The van der Waals surface area contributed by atoms with Gasteiger partial charge in [-0.2, -0.15) is 0 Å². The summed E-state index contributed by atoms with van der Waals surface area (Å²) < 4.78 is 23.9. The molecule has 29 heavy (non-hydrogen) atoms. The predicted molar refractivity (Wildman–Crippen MR) is 111 cm³/mol. The number of quaternary nitrogens is 1. The summed E-state index contributed by atoms with van der Waals surface area (Å²) in [6, 6.07) is 9.16. The summed E-state index contributed by atoms with van der Waals surface area (Å²) in [5.74, 6) is 4.14. The van der Waals surface area contributed by atoms with Crippen molar-refractivity contribution in [3.05, 3.63) is 46.5 Å². The van der Waals surface area contributed by atoms with Gasteiger partial charge in [0.05, 0.1) is 32.9 Å². The van der Waals surface area contributed by atoms with E-state index in [9.17, 15) is 0 Å². The fourth-order valence-electron chi connectivity index (χ4n) is 5.74. The number of hydrogen-bond donors (Lipinski definition) is 0. The van der Waals surface area contributed by atoms with Gasteiger partial charge in [-0.15, -0.1) is 0 Å². The van der Waals surface area contributed by atoms with Crippen molar-refractivity contribution < 1.29 is 23.4 Å². The summed E-state index contributed by atoms with van der Waals surface area (Å²) in [6.45, 7) is 8.25. The van der Waals surface area contributed by atoms with Crippen molar-refractivity contribution in [3.63, 3.8) is 0 Å². The molecule has 3 aliphatic heterocycles. The number of fused-ring (bicyclic) bond motifs is 5. The first-order valence-corrected chi connectivity index (χ1v) is 10.6. The van der Waals surface area contributed by atoms with E-state index in [1.165, 1.54) is 22.3 Å². The molecule has 3 aliphatic rings. The van der Waals surface area contributed by atoms with Crippen LogP contribution in [0.1, 0.15) is 42.1 Å². The van der Waals surface area contributed by atoms with Gasteiger partial charge < -0.3 is 23.4 Å². The molecule has 0 fully saturated rings. The Hall–Kier alpha value is -2.40. The van der Waals surface area contributed by atoms with E-state index in [0.29, 0.717) is 18.8 Å². The smallest absolute Gasteiger partial charge is 0.231 e. The Morgan fingerprint density at radius 1 is 1.07 bits per heavy atom. The van der Waals surface area contributed by atoms with Crippen molar-refractivity contribution in [2.75, 3.05) is 34.1 Å². The van der Waals surface area contributed by atoms with Crippen LogP contribution in [-0.4, -0.2) is 38.6 Å². The van der Waals surface area contributed by atoms with Crippen LogP contribution < -0.4 is 18.9 Å². The molecule has 0 amide bonds. The van der Waals surface area contributed by atoms with Crippen molar-refractivity contribution in [2.24, 2.45) is 5.92 Å². The Morgan fingerprint density at radius 2 is 1.86 bits per heavy atom. The minimum Gasteiger partial charge on any atom is -0.493 e. The highest BCUT2D eigenvalue weighted by Gasteiger charge is 2.47. The van der Waals surface area contributed by atoms with Gasteiger partial charge in [0.2, 0.25) is 6.79 Å². The third kappa shape index (κ3) is 2.86. The standard InChI is InChI=1S/C24H30NO4/c1-15(2)12-25-8-7-17-10-22-23(29-14-28-22)11-18(17)20(25)9-16-5-6-21(26-3)24(27-4)19(16)13-25/h5-6,10-11,15,20H,7-9,12-14H2,1-4H3/q+1. The number of ether oxygens (including phenoxy) is 4. The molecule has 2 aromatic rings. The lowest BCUT2D eigenvalue weighted by Gasteiger charge is -2.52. The van der Waals surface area contributed by atoms with E-state index in [0.717, 1.165) is 60.0 Å². The van der Waals surface area contributed by atoms with Gasteiger partial charge in [0.15, 0.2) is 23.0 Å². The lowest BCUT2D eigenvalue weighted by molar-refractivity contribution is -0.976. The molecule has 0 N–H and O–H groups in total. The van der Waals surface area contributed by atoms with Crippen molar-refractivity contribution in [1.29, 1.82) is 0 Å². The minimum absolute atomic E-state index is 0.328. The second-order valence-corrected chi connectivity index (χ2v) is 8.99. The Kier molecular flexibility index (Phi) is 4.39. The van der Waals surface area contributed by atoms with Gasteiger partial charge in [-0.25, -0.2) is 0 Å². The molecule has 2 unspecified atom stereocenters. The zero-order chi connectivity index (χ0) is 20.2. The summed E-state index contributed by atoms with van der Waals surface area (Å²) >= 11 is 0. The number of benzene rings is 2. The molecular weight excluding hydrogens is 366 g/mol. The van der Waals surface area contributed by atoms with Crippen molar-refractivity contribution in [2.45, 2.75) is 39.3 Å². The van der Waals surface area contributed by atoms with E-state index in [2.05, 4.69) is 32.0 Å². The Bertz CT molecular complexity index is 954. The molecule has 2 atom stereocenters. The maximum absolute atomic E-state index is 5.82. The van der Waals surface area contributed by atoms with E-state index in [4.69, 9.17) is 18.9 Å². The lowest BCUT2D eigenvalue weighted by Crippen LogP contribution is -2.57. The Labute approximate surface area is 172 Å². The van der Waals surface area contributed by atoms with E-state index >= 15 is 0 Å². The maximum atomic E-state index is 5.82. The maximum Gasteiger partial charge on any atom is 0.231 e. The van der Waals surface area contributed by atoms with E-state index in [1.807, 2.05) is 6.07 Å². The van der Waals surface area contributed by atoms with Gasteiger partial charge in [0.1, 0.15) is 12.6 Å². The number of methoxy groups -OCH3 is 2. The first-order valence-electron chi connectivity index (χ1n) is 10.6. The van der Waals surface area contributed by atoms with Crippen molar-refractivity contribution >= 4 is 0 Å². The van der Waals surface area contributed by atoms with Gasteiger partial charge in [0, 0.05) is 24.3 Å². The molecule has 0 aliphatic carbocycles. The SMILES string of the molecule is COc1ccc2c(c1OC)C[N+]1(CC(C)C)CCc3cc4c(cc3C1C2)OCO4. The Balaban J connectivity index is 1.65. The predicted octanol–water partition coefficient (Wildman–Crippen LogP) is 4.26. The molecule has 2 aromatic carbocycles. The third-order valence-electron chi connectivity index (χ3n) is 6.84. The summed E-state index contributed by atoms with van der Waals surface area (Å²) in [5, 5.41) is 0. The minimum atomic E-state index is 0.328. The Morgan fingerprint density at radius 3 is 2.59 bits per heavy atom. The van der Waals surface area contributed by atoms with Crippen LogP contribution >= 0.6 is 0 Å². The summed E-state index contributed by atoms with van der Waals surface area (Å²) in [7, 11) is 3.47. The number of rotatable bonds is 4. The highest BCUT2D eigenvalue weighted by Crippen LogP contribution is 2.50. The normalized spacial score (nSPS) is 24.0. The van der Waals surface area contributed by atoms with Crippen LogP contribution in [0.3, 0.4) is 0 Å². The van der Waals surface area contributed by atoms with E-state index < -0.39 is 0 Å². The van der Waals surface area contributed by atoms with Gasteiger partial charge in [-0.1, -0.05) is 19.9 Å². The molecule has 5 heteroatoms. The van der Waals surface area contributed by atoms with Crippen molar-refractivity contribution in [1.82, 2.24) is 0 Å². The molecule has 0 radical (unpaired) electrons. The molecule has 154 valence electrons. The fourth-order valence-corrected chi connectivity index (χ4v) is 5.74. The molecule has 0 saturated heterocycles. The monoisotopic (exact) mass is 396 g/mol. The van der Waals surface area contributed by atoms with Crippen LogP contribution in [0, 0.1) is 5.92 Å². The molecule has 0 aromatic heterocycles. The number of hydrogen-bond acceptors (Lipinski definition) is 4. The first kappa shape index (κ1) is 18.6. The van der Waals surface area contributed by atoms with Crippen LogP contribution in [0.25, 0.3) is 0 Å². The fraction of sp³-hybridized carbons (Fsp3) is 0.500. The second-order valence-electron chi connectivity index (χ2n) is 8.99. The van der Waals surface area contributed by atoms with Crippen LogP contribution in [-0.2, 0) is 19.4 Å². The summed E-state index contributed by atoms with van der Waals surface area (Å²) in [5.41, 5.74) is 5.53. The van der Waals surface area contributed by atoms with Gasteiger partial charge >= 0.3 is 0 Å². The van der Waals surface area contributed by atoms with Crippen LogP contribution in [0.4, 0.5) is 0 Å². The first-order chi connectivity index (χ1) is 14.0. The third-order valence-corrected chi connectivity index (χ3v) is 6.84. The molecule has 5 rings (SSSR count). The highest BCUT2D eigenvalue weighted by atomic mass is 16.7. The van der Waals surface area contributed by atoms with Crippen LogP contribution in [0.15, 0.2) is 24.3 Å². The highest BCUT2D eigenvalue weighted by molar-refractivity contribution is 5.54. The zero-order valence-electron chi connectivity index (χ0n) is 17.8. The molecule has 0 spiro atoms. The van der Waals surface area contributed by atoms with Gasteiger partial charge in [-0.05, 0) is 29.3 Å². The van der Waals surface area contributed by atoms with Gasteiger partial charge in [-0.3, -0.25) is 0 Å². The molecule has 5 nitrogen and oxygen atoms in total. The average Bonchev–Trinajstić information content (AvgIpc) is 3.17. The average molecular weight is 397 g/mol. The lowest BCUT2D eigenvalue weighted by atomic mass is 9.80. The van der Waals surface area contributed by atoms with Crippen molar-refractivity contribution in [3.8, 4) is 23.0 Å². The zero-order valence-corrected chi connectivity index (χ0v) is 17.8. The molecule has 0 saturated carbocycles. The van der Waals surface area contributed by atoms with Gasteiger partial charge in [0.25, 0.3) is 0 Å². The van der Waals surface area contributed by atoms with E-state index in [1.54, 1.807) is 14.2 Å². The largest absolute Gasteiger partial charge is 0.493 e. The molecular formula is C24H30NO4+. The molecule has 3 heterocycles. The summed E-state index contributed by atoms with van der Waals surface area (Å²) in [4.78, 5) is 0. The summed E-state index contributed by atoms with van der Waals surface area (Å²) in [6.07, 6.45) is 2.08. The van der Waals surface area contributed by atoms with Crippen LogP contribution in [0.2, 0.25) is 0 Å². The quantitative estimate of drug-likeness (QED) is 0.724. The molecule has 0 bridgehead atoms. The number of nitrogens with zero attached hydrogens (tertiary/aromatic N) is 1.